The lowest BCUT2D eigenvalue weighted by Gasteiger charge is -2.21. The number of aliphatic hydroxyl groups is 1. The van der Waals surface area contributed by atoms with E-state index in [1.807, 2.05) is 18.2 Å². The molecule has 1 aliphatic heterocycles. The Kier molecular flexibility index (Phi) is 4.85. The van der Waals surface area contributed by atoms with Crippen LogP contribution in [0.1, 0.15) is 25.8 Å². The molecule has 7 heteroatoms. The van der Waals surface area contributed by atoms with E-state index in [1.165, 1.54) is 4.90 Å². The van der Waals surface area contributed by atoms with E-state index >= 15 is 0 Å². The second kappa shape index (κ2) is 7.06. The van der Waals surface area contributed by atoms with Crippen LogP contribution in [0.15, 0.2) is 35.1 Å². The summed E-state index contributed by atoms with van der Waals surface area (Å²) >= 11 is 0. The highest BCUT2D eigenvalue weighted by molar-refractivity contribution is 6.13. The van der Waals surface area contributed by atoms with Crippen molar-refractivity contribution >= 4 is 28.8 Å². The summed E-state index contributed by atoms with van der Waals surface area (Å²) in [4.78, 5) is 18.3. The van der Waals surface area contributed by atoms with E-state index in [0.29, 0.717) is 17.6 Å². The number of rotatable bonds is 5. The number of aliphatic imine (C=N–C) groups is 1. The molecule has 2 aromatic rings. The Bertz CT molecular complexity index is 837. The van der Waals surface area contributed by atoms with E-state index in [1.54, 1.807) is 19.3 Å². The average Bonchev–Trinajstić information content (AvgIpc) is 3.14. The Balaban J connectivity index is 1.83. The molecule has 0 aliphatic carbocycles. The van der Waals surface area contributed by atoms with Gasteiger partial charge in [-0.05, 0) is 36.1 Å². The van der Waals surface area contributed by atoms with Crippen molar-refractivity contribution in [1.29, 1.82) is 0 Å². The number of aromatic amines is 1. The Morgan fingerprint density at radius 1 is 1.40 bits per heavy atom. The van der Waals surface area contributed by atoms with Crippen molar-refractivity contribution in [3.63, 3.8) is 0 Å². The van der Waals surface area contributed by atoms with Crippen LogP contribution >= 0.6 is 0 Å². The van der Waals surface area contributed by atoms with Crippen LogP contribution in [0.4, 0.5) is 0 Å². The molecule has 1 amide bonds. The van der Waals surface area contributed by atoms with Gasteiger partial charge in [0.2, 0.25) is 5.96 Å². The van der Waals surface area contributed by atoms with Gasteiger partial charge in [-0.15, -0.1) is 0 Å². The van der Waals surface area contributed by atoms with Gasteiger partial charge in [0.05, 0.1) is 24.4 Å². The number of hydrogen-bond donors (Lipinski definition) is 3. The summed E-state index contributed by atoms with van der Waals surface area (Å²) in [6, 6.07) is 5.66. The zero-order valence-electron chi connectivity index (χ0n) is 14.7. The highest BCUT2D eigenvalue weighted by Crippen LogP contribution is 2.20. The average molecular weight is 341 g/mol. The van der Waals surface area contributed by atoms with Crippen molar-refractivity contribution in [2.24, 2.45) is 10.9 Å². The summed E-state index contributed by atoms with van der Waals surface area (Å²) in [5.74, 6) is 0.737. The van der Waals surface area contributed by atoms with Crippen molar-refractivity contribution in [3.8, 4) is 0 Å². The van der Waals surface area contributed by atoms with Gasteiger partial charge in [-0.25, -0.2) is 4.99 Å². The second-order valence-corrected chi connectivity index (χ2v) is 6.70. The molecule has 1 aromatic heterocycles. The predicted molar refractivity (Wildman–Crippen MR) is 97.7 cm³/mol. The number of aliphatic hydroxyl groups excluding tert-OH is 1. The standard InChI is InChI=1S/C18H23N5O2/c1-11(2)6-14(10-24)20-18-21-16(17(25)23(18)3)8-12-4-5-15-13(7-12)9-19-22-15/h4-5,7-9,11,14,24H,6,10H2,1-3H3,(H,19,22)(H,20,21)/b16-8-. The molecule has 0 radical (unpaired) electrons. The van der Waals surface area contributed by atoms with Gasteiger partial charge in [-0.3, -0.25) is 14.8 Å². The number of fused-ring (bicyclic) bond motifs is 1. The summed E-state index contributed by atoms with van der Waals surface area (Å²) in [6.45, 7) is 4.18. The molecule has 132 valence electrons. The molecule has 1 atom stereocenters. The maximum Gasteiger partial charge on any atom is 0.279 e. The number of amides is 1. The molecular weight excluding hydrogens is 318 g/mol. The van der Waals surface area contributed by atoms with Crippen molar-refractivity contribution in [3.05, 3.63) is 35.7 Å². The first-order chi connectivity index (χ1) is 12.0. The first-order valence-electron chi connectivity index (χ1n) is 8.37. The number of aromatic nitrogens is 2. The summed E-state index contributed by atoms with van der Waals surface area (Å²) < 4.78 is 0. The zero-order chi connectivity index (χ0) is 18.0. The molecule has 0 bridgehead atoms. The number of carbonyl (C=O) groups is 1. The number of hydrogen-bond acceptors (Lipinski definition) is 5. The van der Waals surface area contributed by atoms with E-state index < -0.39 is 0 Å². The normalized spacial score (nSPS) is 17.6. The van der Waals surface area contributed by atoms with Crippen LogP contribution in [0, 0.1) is 5.92 Å². The summed E-state index contributed by atoms with van der Waals surface area (Å²) in [5.41, 5.74) is 2.20. The van der Waals surface area contributed by atoms with Crippen LogP contribution in [0.2, 0.25) is 0 Å². The Morgan fingerprint density at radius 2 is 2.20 bits per heavy atom. The lowest BCUT2D eigenvalue weighted by atomic mass is 10.0. The zero-order valence-corrected chi connectivity index (χ0v) is 14.7. The molecule has 1 aromatic carbocycles. The minimum Gasteiger partial charge on any atom is -0.394 e. The summed E-state index contributed by atoms with van der Waals surface area (Å²) in [7, 11) is 1.68. The van der Waals surface area contributed by atoms with Gasteiger partial charge in [0, 0.05) is 12.4 Å². The Morgan fingerprint density at radius 3 is 2.92 bits per heavy atom. The monoisotopic (exact) mass is 341 g/mol. The third kappa shape index (κ3) is 3.71. The number of H-pyrrole nitrogens is 1. The van der Waals surface area contributed by atoms with Crippen LogP contribution < -0.4 is 5.32 Å². The smallest absolute Gasteiger partial charge is 0.279 e. The van der Waals surface area contributed by atoms with Gasteiger partial charge in [-0.1, -0.05) is 19.9 Å². The minimum atomic E-state index is -0.170. The fourth-order valence-electron chi connectivity index (χ4n) is 2.87. The third-order valence-corrected chi connectivity index (χ3v) is 4.14. The number of carbonyl (C=O) groups excluding carboxylic acids is 1. The molecule has 3 N–H and O–H groups in total. The van der Waals surface area contributed by atoms with Gasteiger partial charge < -0.3 is 10.4 Å². The molecule has 1 unspecified atom stereocenters. The third-order valence-electron chi connectivity index (χ3n) is 4.14. The molecule has 1 aliphatic rings. The van der Waals surface area contributed by atoms with Crippen LogP contribution in [0.25, 0.3) is 17.0 Å². The van der Waals surface area contributed by atoms with E-state index in [9.17, 15) is 9.90 Å². The topological polar surface area (TPSA) is 93.6 Å². The van der Waals surface area contributed by atoms with Crippen molar-refractivity contribution in [2.75, 3.05) is 13.7 Å². The number of benzene rings is 1. The number of nitrogens with one attached hydrogen (secondary N) is 2. The Labute approximate surface area is 146 Å². The maximum absolute atomic E-state index is 12.4. The first-order valence-corrected chi connectivity index (χ1v) is 8.37. The Hall–Kier alpha value is -2.67. The highest BCUT2D eigenvalue weighted by atomic mass is 16.3. The van der Waals surface area contributed by atoms with Crippen LogP contribution in [-0.2, 0) is 4.79 Å². The van der Waals surface area contributed by atoms with E-state index in [4.69, 9.17) is 0 Å². The number of guanidine groups is 1. The van der Waals surface area contributed by atoms with Gasteiger partial charge in [-0.2, -0.15) is 5.10 Å². The molecular formula is C18H23N5O2. The second-order valence-electron chi connectivity index (χ2n) is 6.70. The van der Waals surface area contributed by atoms with Crippen molar-refractivity contribution in [2.45, 2.75) is 26.3 Å². The van der Waals surface area contributed by atoms with Crippen molar-refractivity contribution in [1.82, 2.24) is 20.4 Å². The first kappa shape index (κ1) is 17.2. The lowest BCUT2D eigenvalue weighted by Crippen LogP contribution is -2.45. The summed E-state index contributed by atoms with van der Waals surface area (Å²) in [6.07, 6.45) is 4.30. The largest absolute Gasteiger partial charge is 0.394 e. The molecule has 7 nitrogen and oxygen atoms in total. The molecule has 0 saturated heterocycles. The minimum absolute atomic E-state index is 0.00453. The fraction of sp³-hybridized carbons (Fsp3) is 0.389. The van der Waals surface area contributed by atoms with E-state index in [2.05, 4.69) is 34.4 Å². The van der Waals surface area contributed by atoms with Crippen LogP contribution in [0.5, 0.6) is 0 Å². The highest BCUT2D eigenvalue weighted by Gasteiger charge is 2.28. The van der Waals surface area contributed by atoms with Crippen molar-refractivity contribution < 1.29 is 9.90 Å². The van der Waals surface area contributed by atoms with Gasteiger partial charge in [0.1, 0.15) is 5.70 Å². The number of nitrogens with zero attached hydrogens (tertiary/aromatic N) is 3. The quantitative estimate of drug-likeness (QED) is 0.722. The van der Waals surface area contributed by atoms with Gasteiger partial charge in [0.25, 0.3) is 5.91 Å². The van der Waals surface area contributed by atoms with Gasteiger partial charge in [0.15, 0.2) is 0 Å². The predicted octanol–water partition coefficient (Wildman–Crippen LogP) is 1.73. The summed E-state index contributed by atoms with van der Waals surface area (Å²) in [5, 5.41) is 20.6. The fourth-order valence-corrected chi connectivity index (χ4v) is 2.87. The van der Waals surface area contributed by atoms with E-state index in [-0.39, 0.29) is 18.6 Å². The lowest BCUT2D eigenvalue weighted by molar-refractivity contribution is -0.121. The molecule has 0 fully saturated rings. The number of likely N-dealkylation sites (N-methyl/N-ethyl adjacent to an activating group) is 1. The molecule has 0 saturated carbocycles. The molecule has 3 rings (SSSR count). The maximum atomic E-state index is 12.4. The molecule has 0 spiro atoms. The van der Waals surface area contributed by atoms with Gasteiger partial charge >= 0.3 is 0 Å². The van der Waals surface area contributed by atoms with Crippen LogP contribution in [0.3, 0.4) is 0 Å². The van der Waals surface area contributed by atoms with E-state index in [0.717, 1.165) is 22.9 Å². The SMILES string of the molecule is CC(C)CC(CO)NC1=N/C(=C\c2ccc3[nH]ncc3c2)C(=O)N1C. The van der Waals surface area contributed by atoms with Crippen LogP contribution in [-0.4, -0.2) is 51.8 Å². The molecule has 25 heavy (non-hydrogen) atoms. The molecule has 2 heterocycles.